The Bertz CT molecular complexity index is 762. The highest BCUT2D eigenvalue weighted by Crippen LogP contribution is 2.28. The quantitative estimate of drug-likeness (QED) is 0.778. The average Bonchev–Trinajstić information content (AvgIpc) is 2.67. The molecule has 0 radical (unpaired) electrons. The van der Waals surface area contributed by atoms with Gasteiger partial charge in [-0.25, -0.2) is 0 Å². The standard InChI is InChI=1S/C22H25NO2.ClH/c1-17-15-18(5-11-21(25)16-24)6-12-22(17)19-7-9-20(10-8-19)23-13-3-2-4-14-23;/h5-12,15,24H,2-4,13-14,16H2,1H3;1H/b11-5+;. The first-order chi connectivity index (χ1) is 12.2. The number of aliphatic hydroxyl groups excluding tert-OH is 1. The lowest BCUT2D eigenvalue weighted by Crippen LogP contribution is -2.29. The number of anilines is 1. The number of halogens is 1. The molecule has 1 saturated heterocycles. The zero-order chi connectivity index (χ0) is 17.6. The van der Waals surface area contributed by atoms with Gasteiger partial charge in [0.25, 0.3) is 0 Å². The van der Waals surface area contributed by atoms with Crippen molar-refractivity contribution in [2.45, 2.75) is 26.2 Å². The third-order valence-corrected chi connectivity index (χ3v) is 4.77. The molecule has 26 heavy (non-hydrogen) atoms. The average molecular weight is 372 g/mol. The van der Waals surface area contributed by atoms with E-state index in [1.807, 2.05) is 6.07 Å². The molecule has 138 valence electrons. The highest BCUT2D eigenvalue weighted by molar-refractivity contribution is 5.94. The van der Waals surface area contributed by atoms with Gasteiger partial charge in [0.1, 0.15) is 6.61 Å². The second-order valence-electron chi connectivity index (χ2n) is 6.63. The van der Waals surface area contributed by atoms with Gasteiger partial charge in [-0.15, -0.1) is 12.4 Å². The predicted octanol–water partition coefficient (Wildman–Crippen LogP) is 4.65. The molecule has 2 aromatic carbocycles. The van der Waals surface area contributed by atoms with Crippen LogP contribution in [-0.2, 0) is 4.79 Å². The maximum absolute atomic E-state index is 11.2. The largest absolute Gasteiger partial charge is 0.388 e. The molecule has 0 aliphatic carbocycles. The van der Waals surface area contributed by atoms with Crippen LogP contribution in [0.3, 0.4) is 0 Å². The fourth-order valence-corrected chi connectivity index (χ4v) is 3.36. The first-order valence-electron chi connectivity index (χ1n) is 8.95. The summed E-state index contributed by atoms with van der Waals surface area (Å²) in [7, 11) is 0. The zero-order valence-corrected chi connectivity index (χ0v) is 16.0. The van der Waals surface area contributed by atoms with Gasteiger partial charge in [0.05, 0.1) is 0 Å². The number of piperidine rings is 1. The van der Waals surface area contributed by atoms with Crippen LogP contribution >= 0.6 is 12.4 Å². The fraction of sp³-hybridized carbons (Fsp3) is 0.318. The van der Waals surface area contributed by atoms with E-state index in [0.717, 1.165) is 18.7 Å². The van der Waals surface area contributed by atoms with Gasteiger partial charge in [-0.3, -0.25) is 4.79 Å². The number of benzene rings is 2. The highest BCUT2D eigenvalue weighted by atomic mass is 35.5. The second-order valence-corrected chi connectivity index (χ2v) is 6.63. The van der Waals surface area contributed by atoms with Crippen LogP contribution < -0.4 is 4.90 Å². The Morgan fingerprint density at radius 2 is 1.77 bits per heavy atom. The molecule has 1 aliphatic heterocycles. The molecule has 1 aliphatic rings. The molecule has 0 aromatic heterocycles. The normalized spacial score (nSPS) is 14.3. The van der Waals surface area contributed by atoms with Crippen molar-refractivity contribution in [1.29, 1.82) is 0 Å². The second kappa shape index (κ2) is 9.56. The molecule has 0 unspecified atom stereocenters. The zero-order valence-electron chi connectivity index (χ0n) is 15.1. The summed E-state index contributed by atoms with van der Waals surface area (Å²) in [4.78, 5) is 13.6. The molecule has 0 spiro atoms. The lowest BCUT2D eigenvalue weighted by Gasteiger charge is -2.29. The van der Waals surface area contributed by atoms with Crippen LogP contribution in [-0.4, -0.2) is 30.6 Å². The van der Waals surface area contributed by atoms with Gasteiger partial charge < -0.3 is 10.0 Å². The number of hydrogen-bond acceptors (Lipinski definition) is 3. The monoisotopic (exact) mass is 371 g/mol. The third-order valence-electron chi connectivity index (χ3n) is 4.77. The van der Waals surface area contributed by atoms with Crippen LogP contribution in [0.4, 0.5) is 5.69 Å². The summed E-state index contributed by atoms with van der Waals surface area (Å²) < 4.78 is 0. The summed E-state index contributed by atoms with van der Waals surface area (Å²) in [6.07, 6.45) is 7.08. The Labute approximate surface area is 161 Å². The van der Waals surface area contributed by atoms with Crippen molar-refractivity contribution in [2.75, 3.05) is 24.6 Å². The minimum Gasteiger partial charge on any atom is -0.388 e. The highest BCUT2D eigenvalue weighted by Gasteiger charge is 2.11. The van der Waals surface area contributed by atoms with Crippen molar-refractivity contribution in [1.82, 2.24) is 0 Å². The van der Waals surface area contributed by atoms with E-state index in [1.165, 1.54) is 47.7 Å². The Kier molecular flexibility index (Phi) is 7.43. The van der Waals surface area contributed by atoms with Gasteiger partial charge in [-0.2, -0.15) is 0 Å². The lowest BCUT2D eigenvalue weighted by atomic mass is 9.97. The van der Waals surface area contributed by atoms with Gasteiger partial charge >= 0.3 is 0 Å². The number of nitrogens with zero attached hydrogens (tertiary/aromatic N) is 1. The molecule has 4 heteroatoms. The number of carbonyl (C=O) groups is 1. The van der Waals surface area contributed by atoms with Gasteiger partial charge in [-0.1, -0.05) is 36.4 Å². The number of aryl methyl sites for hydroxylation is 1. The summed E-state index contributed by atoms with van der Waals surface area (Å²) >= 11 is 0. The van der Waals surface area contributed by atoms with Gasteiger partial charge in [0.2, 0.25) is 0 Å². The summed E-state index contributed by atoms with van der Waals surface area (Å²) in [5.41, 5.74) is 5.86. The topological polar surface area (TPSA) is 40.5 Å². The third kappa shape index (κ3) is 4.96. The van der Waals surface area contributed by atoms with E-state index in [2.05, 4.69) is 48.2 Å². The molecule has 0 amide bonds. The summed E-state index contributed by atoms with van der Waals surface area (Å²) in [6.45, 7) is 3.95. The molecule has 0 bridgehead atoms. The molecular weight excluding hydrogens is 346 g/mol. The van der Waals surface area contributed by atoms with Crippen LogP contribution in [0.1, 0.15) is 30.4 Å². The van der Waals surface area contributed by atoms with E-state index in [4.69, 9.17) is 5.11 Å². The molecular formula is C22H26ClNO2. The van der Waals surface area contributed by atoms with E-state index >= 15 is 0 Å². The molecule has 3 nitrogen and oxygen atoms in total. The molecule has 1 fully saturated rings. The van der Waals surface area contributed by atoms with Crippen molar-refractivity contribution >= 4 is 30.0 Å². The Morgan fingerprint density at radius 3 is 2.38 bits per heavy atom. The number of rotatable bonds is 5. The molecule has 0 saturated carbocycles. The lowest BCUT2D eigenvalue weighted by molar-refractivity contribution is -0.117. The predicted molar refractivity (Wildman–Crippen MR) is 111 cm³/mol. The smallest absolute Gasteiger partial charge is 0.181 e. The number of hydrogen-bond donors (Lipinski definition) is 1. The van der Waals surface area contributed by atoms with Crippen molar-refractivity contribution in [3.63, 3.8) is 0 Å². The van der Waals surface area contributed by atoms with E-state index < -0.39 is 6.61 Å². The Morgan fingerprint density at radius 1 is 1.08 bits per heavy atom. The van der Waals surface area contributed by atoms with Crippen LogP contribution in [0.5, 0.6) is 0 Å². The number of aliphatic hydroxyl groups is 1. The van der Waals surface area contributed by atoms with Crippen LogP contribution in [0.2, 0.25) is 0 Å². The van der Waals surface area contributed by atoms with Gasteiger partial charge in [-0.05, 0) is 66.6 Å². The van der Waals surface area contributed by atoms with Crippen LogP contribution in [0, 0.1) is 6.92 Å². The van der Waals surface area contributed by atoms with Crippen molar-refractivity contribution in [2.24, 2.45) is 0 Å². The maximum atomic E-state index is 11.2. The van der Waals surface area contributed by atoms with Gasteiger partial charge in [0.15, 0.2) is 5.78 Å². The minimum atomic E-state index is -0.447. The summed E-state index contributed by atoms with van der Waals surface area (Å²) in [6, 6.07) is 15.0. The number of ketones is 1. The molecule has 3 rings (SSSR count). The fourth-order valence-electron chi connectivity index (χ4n) is 3.36. The van der Waals surface area contributed by atoms with Crippen LogP contribution in [0.25, 0.3) is 17.2 Å². The molecule has 1 N–H and O–H groups in total. The first kappa shape index (κ1) is 20.2. The van der Waals surface area contributed by atoms with Crippen molar-refractivity contribution < 1.29 is 9.90 Å². The van der Waals surface area contributed by atoms with Gasteiger partial charge in [0, 0.05) is 18.8 Å². The Hall–Kier alpha value is -2.10. The first-order valence-corrected chi connectivity index (χ1v) is 8.95. The summed E-state index contributed by atoms with van der Waals surface area (Å²) in [5.74, 6) is -0.282. The van der Waals surface area contributed by atoms with Crippen LogP contribution in [0.15, 0.2) is 48.5 Å². The van der Waals surface area contributed by atoms with E-state index in [9.17, 15) is 4.79 Å². The molecule has 1 heterocycles. The van der Waals surface area contributed by atoms with E-state index in [0.29, 0.717) is 0 Å². The number of carbonyl (C=O) groups excluding carboxylic acids is 1. The van der Waals surface area contributed by atoms with Crippen molar-refractivity contribution in [3.05, 3.63) is 59.7 Å². The van der Waals surface area contributed by atoms with E-state index in [-0.39, 0.29) is 18.2 Å². The van der Waals surface area contributed by atoms with E-state index in [1.54, 1.807) is 6.08 Å². The minimum absolute atomic E-state index is 0. The SMILES string of the molecule is Cc1cc(/C=C/C(=O)CO)ccc1-c1ccc(N2CCCCC2)cc1.Cl. The van der Waals surface area contributed by atoms with Crippen molar-refractivity contribution in [3.8, 4) is 11.1 Å². The Balaban J connectivity index is 0.00000243. The maximum Gasteiger partial charge on any atom is 0.181 e. The molecule has 0 atom stereocenters. The molecule has 2 aromatic rings. The summed E-state index contributed by atoms with van der Waals surface area (Å²) in [5, 5.41) is 8.77.